The Hall–Kier alpha value is -4.57. The Labute approximate surface area is 356 Å². The van der Waals surface area contributed by atoms with E-state index in [0.29, 0.717) is 30.2 Å². The third-order valence-electron chi connectivity index (χ3n) is 9.85. The van der Waals surface area contributed by atoms with Crippen molar-refractivity contribution >= 4 is 64.9 Å². The maximum Gasteiger partial charge on any atom is 0.303 e. The number of aliphatic carboxylic acids is 1. The molecule has 1 heterocycles. The van der Waals surface area contributed by atoms with Crippen molar-refractivity contribution in [3.63, 3.8) is 0 Å². The fourth-order valence-electron chi connectivity index (χ4n) is 6.28. The van der Waals surface area contributed by atoms with Crippen LogP contribution in [0.4, 0.5) is 0 Å². The minimum Gasteiger partial charge on any atom is -0.481 e. The summed E-state index contributed by atoms with van der Waals surface area (Å²) >= 11 is 3.08. The highest BCUT2D eigenvalue weighted by atomic mass is 32.2. The van der Waals surface area contributed by atoms with Crippen LogP contribution < -0.4 is 31.9 Å². The summed E-state index contributed by atoms with van der Waals surface area (Å²) in [6, 6.07) is 13.0. The number of hydrogen-bond donors (Lipinski definition) is 7. The molecule has 0 unspecified atom stereocenters. The maximum absolute atomic E-state index is 14.2. The van der Waals surface area contributed by atoms with Gasteiger partial charge in [0.2, 0.25) is 35.4 Å². The second-order valence-electron chi connectivity index (χ2n) is 15.9. The van der Waals surface area contributed by atoms with Gasteiger partial charge in [-0.25, -0.2) is 0 Å². The summed E-state index contributed by atoms with van der Waals surface area (Å²) in [5, 5.41) is 26.0. The molecule has 2 aromatic carbocycles. The summed E-state index contributed by atoms with van der Waals surface area (Å²) in [5.41, 5.74) is 1.29. The largest absolute Gasteiger partial charge is 0.481 e. The molecule has 2 bridgehead atoms. The standard InChI is InChI=1S/C43H62N6O8S2/c1-7-28(4)37-41(56)44-19-20-58-24-30-15-11-16-31(22-30)25-59-26-34(40(55)49-43(5,6)42(57)47-32(21-27(2)3)39(54)48-37)46-38(53)33(23-29-13-9-8-10-14-29)45-35(50)17-12-18-36(51)52/h8-11,13-16,22,27-28,32-34,37H,7,12,17-21,23-26H2,1-6H3,(H,44,56)(H,45,50)(H,46,53)(H,47,57)(H,48,54)(H,49,55)(H,51,52)/t28-,32-,33-,34-,37-/m0/s1. The zero-order valence-electron chi connectivity index (χ0n) is 35.1. The van der Waals surface area contributed by atoms with Crippen molar-refractivity contribution in [3.8, 4) is 0 Å². The molecule has 2 aromatic rings. The number of carbonyl (C=O) groups excluding carboxylic acids is 6. The van der Waals surface area contributed by atoms with Crippen molar-refractivity contribution in [3.05, 3.63) is 71.3 Å². The van der Waals surface area contributed by atoms with Gasteiger partial charge in [0, 0.05) is 48.8 Å². The smallest absolute Gasteiger partial charge is 0.303 e. The van der Waals surface area contributed by atoms with E-state index in [1.807, 2.05) is 64.1 Å². The van der Waals surface area contributed by atoms with Crippen LogP contribution in [0.25, 0.3) is 0 Å². The molecule has 0 saturated heterocycles. The summed E-state index contributed by atoms with van der Waals surface area (Å²) in [6.45, 7) is 11.1. The van der Waals surface area contributed by atoms with Crippen molar-refractivity contribution in [2.75, 3.05) is 18.1 Å². The number of benzene rings is 2. The highest BCUT2D eigenvalue weighted by molar-refractivity contribution is 7.98. The van der Waals surface area contributed by atoms with Crippen molar-refractivity contribution in [2.45, 2.75) is 121 Å². The molecule has 59 heavy (non-hydrogen) atoms. The van der Waals surface area contributed by atoms with E-state index < -0.39 is 65.2 Å². The first-order chi connectivity index (χ1) is 28.0. The summed E-state index contributed by atoms with van der Waals surface area (Å²) in [5.74, 6) is -2.47. The first-order valence-corrected chi connectivity index (χ1v) is 22.6. The van der Waals surface area contributed by atoms with Gasteiger partial charge < -0.3 is 37.0 Å². The van der Waals surface area contributed by atoms with E-state index >= 15 is 0 Å². The van der Waals surface area contributed by atoms with Gasteiger partial charge >= 0.3 is 5.97 Å². The summed E-state index contributed by atoms with van der Waals surface area (Å²) in [4.78, 5) is 93.3. The predicted molar refractivity (Wildman–Crippen MR) is 232 cm³/mol. The predicted octanol–water partition coefficient (Wildman–Crippen LogP) is 3.71. The van der Waals surface area contributed by atoms with Crippen LogP contribution in [0.2, 0.25) is 0 Å². The summed E-state index contributed by atoms with van der Waals surface area (Å²) in [7, 11) is 0. The number of nitrogens with one attached hydrogen (secondary N) is 6. The molecule has 1 aliphatic heterocycles. The van der Waals surface area contributed by atoms with Crippen LogP contribution in [-0.2, 0) is 51.5 Å². The number of thioether (sulfide) groups is 2. The quantitative estimate of drug-likeness (QED) is 0.155. The zero-order valence-corrected chi connectivity index (χ0v) is 36.7. The van der Waals surface area contributed by atoms with Crippen LogP contribution in [0.3, 0.4) is 0 Å². The molecular weight excluding hydrogens is 793 g/mol. The van der Waals surface area contributed by atoms with E-state index in [1.54, 1.807) is 23.9 Å². The van der Waals surface area contributed by atoms with E-state index in [-0.39, 0.29) is 55.6 Å². The normalized spacial score (nSPS) is 20.9. The number of amides is 6. The lowest BCUT2D eigenvalue weighted by molar-refractivity contribution is -0.137. The Balaban J connectivity index is 1.94. The summed E-state index contributed by atoms with van der Waals surface area (Å²) in [6.07, 6.45) is 0.793. The number of rotatable bonds is 13. The Morgan fingerprint density at radius 3 is 2.20 bits per heavy atom. The average molecular weight is 855 g/mol. The maximum atomic E-state index is 14.2. The molecule has 0 spiro atoms. The van der Waals surface area contributed by atoms with Crippen molar-refractivity contribution in [2.24, 2.45) is 11.8 Å². The fourth-order valence-corrected chi connectivity index (χ4v) is 8.09. The topological polar surface area (TPSA) is 212 Å². The second-order valence-corrected chi connectivity index (χ2v) is 18.1. The van der Waals surface area contributed by atoms with Crippen LogP contribution >= 0.6 is 23.5 Å². The van der Waals surface area contributed by atoms with Crippen LogP contribution in [-0.4, -0.2) is 94.3 Å². The van der Waals surface area contributed by atoms with Gasteiger partial charge in [-0.05, 0) is 55.2 Å². The van der Waals surface area contributed by atoms with Gasteiger partial charge in [-0.1, -0.05) is 88.7 Å². The molecule has 0 saturated carbocycles. The molecule has 0 fully saturated rings. The molecule has 5 atom stereocenters. The fraction of sp³-hybridized carbons (Fsp3) is 0.558. The van der Waals surface area contributed by atoms with Gasteiger partial charge in [0.05, 0.1) is 0 Å². The number of carboxylic acid groups (broad SMARTS) is 1. The third-order valence-corrected chi connectivity index (χ3v) is 12.0. The van der Waals surface area contributed by atoms with Crippen LogP contribution in [0.5, 0.6) is 0 Å². The van der Waals surface area contributed by atoms with E-state index in [1.165, 1.54) is 25.6 Å². The Bertz CT molecular complexity index is 1740. The van der Waals surface area contributed by atoms with Crippen molar-refractivity contribution in [1.29, 1.82) is 0 Å². The highest BCUT2D eigenvalue weighted by Gasteiger charge is 2.37. The van der Waals surface area contributed by atoms with Crippen LogP contribution in [0.1, 0.15) is 90.3 Å². The van der Waals surface area contributed by atoms with Gasteiger partial charge in [-0.3, -0.25) is 33.6 Å². The van der Waals surface area contributed by atoms with Gasteiger partial charge in [-0.2, -0.15) is 23.5 Å². The SMILES string of the molecule is CC[C@H](C)[C@@H]1NC(=O)[C@H](CC(C)C)NC(=O)C(C)(C)NC(=O)[C@@H](NC(=O)[C@H](Cc2ccccc2)NC(=O)CCCC(=O)O)CSCc2cccc(c2)CSCCNC1=O. The molecule has 14 nitrogen and oxygen atoms in total. The first kappa shape index (κ1) is 48.8. The van der Waals surface area contributed by atoms with Gasteiger partial charge in [-0.15, -0.1) is 0 Å². The zero-order chi connectivity index (χ0) is 43.5. The number of carbonyl (C=O) groups is 7. The van der Waals surface area contributed by atoms with Crippen molar-refractivity contribution < 1.29 is 38.7 Å². The third kappa shape index (κ3) is 17.3. The van der Waals surface area contributed by atoms with Crippen LogP contribution in [0, 0.1) is 11.8 Å². The molecule has 6 amide bonds. The lowest BCUT2D eigenvalue weighted by Crippen LogP contribution is -2.63. The molecule has 0 radical (unpaired) electrons. The average Bonchev–Trinajstić information content (AvgIpc) is 3.18. The van der Waals surface area contributed by atoms with Gasteiger partial charge in [0.25, 0.3) is 0 Å². The van der Waals surface area contributed by atoms with E-state index in [2.05, 4.69) is 38.0 Å². The molecule has 7 N–H and O–H groups in total. The minimum atomic E-state index is -1.56. The van der Waals surface area contributed by atoms with Gasteiger partial charge in [0.1, 0.15) is 29.7 Å². The van der Waals surface area contributed by atoms with E-state index in [0.717, 1.165) is 16.7 Å². The van der Waals surface area contributed by atoms with E-state index in [4.69, 9.17) is 5.11 Å². The number of fused-ring (bicyclic) bond motifs is 2. The van der Waals surface area contributed by atoms with Crippen LogP contribution in [0.15, 0.2) is 54.6 Å². The monoisotopic (exact) mass is 854 g/mol. The number of hydrogen-bond acceptors (Lipinski definition) is 9. The lowest BCUT2D eigenvalue weighted by Gasteiger charge is -2.32. The second kappa shape index (κ2) is 24.5. The number of carboxylic acids is 1. The molecular formula is C43H62N6O8S2. The Morgan fingerprint density at radius 2 is 1.56 bits per heavy atom. The molecule has 1 aliphatic rings. The molecule has 3 rings (SSSR count). The first-order valence-electron chi connectivity index (χ1n) is 20.3. The minimum absolute atomic E-state index is 0.00658. The summed E-state index contributed by atoms with van der Waals surface area (Å²) < 4.78 is 0. The van der Waals surface area contributed by atoms with E-state index in [9.17, 15) is 33.6 Å². The molecule has 0 aliphatic carbocycles. The molecule has 0 aromatic heterocycles. The highest BCUT2D eigenvalue weighted by Crippen LogP contribution is 2.20. The Kier molecular flexibility index (Phi) is 20.3. The van der Waals surface area contributed by atoms with Crippen molar-refractivity contribution in [1.82, 2.24) is 31.9 Å². The Morgan fingerprint density at radius 1 is 0.881 bits per heavy atom. The molecule has 324 valence electrons. The molecule has 16 heteroatoms. The van der Waals surface area contributed by atoms with Gasteiger partial charge in [0.15, 0.2) is 0 Å². The lowest BCUT2D eigenvalue weighted by atomic mass is 9.96.